The van der Waals surface area contributed by atoms with Crippen LogP contribution in [0.5, 0.6) is 0 Å². The predicted octanol–water partition coefficient (Wildman–Crippen LogP) is 9.50. The Morgan fingerprint density at radius 3 is 1.44 bits per heavy atom. The Labute approximate surface area is 248 Å². The minimum absolute atomic E-state index is 0.583. The van der Waals surface area contributed by atoms with Crippen molar-refractivity contribution in [2.45, 2.75) is 0 Å². The van der Waals surface area contributed by atoms with E-state index in [-0.39, 0.29) is 0 Å². The zero-order chi connectivity index (χ0) is 28.6. The van der Waals surface area contributed by atoms with E-state index in [2.05, 4.69) is 77.8 Å². The van der Waals surface area contributed by atoms with E-state index in [0.717, 1.165) is 44.2 Å². The van der Waals surface area contributed by atoms with Gasteiger partial charge in [0.1, 0.15) is 5.58 Å². The van der Waals surface area contributed by atoms with Gasteiger partial charge in [0.25, 0.3) is 0 Å². The van der Waals surface area contributed by atoms with Gasteiger partial charge in [-0.25, -0.2) is 19.9 Å². The molecule has 0 unspecified atom stereocenters. The standard InChI is InChI=1S/C38H24N4O/c1-3-8-25(9-4-1)26-13-15-27(16-14-26)28-17-19-30(20-18-28)36-40-35(29-10-5-2-6-11-29)41-37(42-36)31-21-22-32-33-12-7-23-39-38(33)43-34(32)24-31/h1-24H. The van der Waals surface area contributed by atoms with E-state index in [1.165, 1.54) is 11.1 Å². The molecule has 0 radical (unpaired) electrons. The van der Waals surface area contributed by atoms with E-state index in [1.54, 1.807) is 6.20 Å². The third-order valence-corrected chi connectivity index (χ3v) is 7.64. The molecule has 0 saturated heterocycles. The zero-order valence-electron chi connectivity index (χ0n) is 23.1. The van der Waals surface area contributed by atoms with Crippen LogP contribution in [0.4, 0.5) is 0 Å². The highest BCUT2D eigenvalue weighted by Gasteiger charge is 2.15. The number of rotatable bonds is 5. The molecule has 5 aromatic carbocycles. The number of furan rings is 1. The van der Waals surface area contributed by atoms with Gasteiger partial charge in [0.2, 0.25) is 5.71 Å². The van der Waals surface area contributed by atoms with E-state index >= 15 is 0 Å². The summed E-state index contributed by atoms with van der Waals surface area (Å²) in [6.45, 7) is 0. The van der Waals surface area contributed by atoms with Crippen molar-refractivity contribution >= 4 is 22.1 Å². The van der Waals surface area contributed by atoms with Gasteiger partial charge in [0, 0.05) is 33.7 Å². The summed E-state index contributed by atoms with van der Waals surface area (Å²) < 4.78 is 6.05. The number of nitrogens with zero attached hydrogens (tertiary/aromatic N) is 4. The van der Waals surface area contributed by atoms with Crippen LogP contribution in [0.15, 0.2) is 150 Å². The minimum atomic E-state index is 0.583. The molecule has 202 valence electrons. The minimum Gasteiger partial charge on any atom is -0.438 e. The quantitative estimate of drug-likeness (QED) is 0.213. The maximum atomic E-state index is 6.05. The van der Waals surface area contributed by atoms with Crippen LogP contribution in [0, 0.1) is 0 Å². The van der Waals surface area contributed by atoms with Gasteiger partial charge in [-0.05, 0) is 46.5 Å². The molecule has 0 saturated carbocycles. The molecule has 0 aliphatic heterocycles. The first-order valence-electron chi connectivity index (χ1n) is 14.1. The highest BCUT2D eigenvalue weighted by atomic mass is 16.3. The van der Waals surface area contributed by atoms with Crippen LogP contribution < -0.4 is 0 Å². The van der Waals surface area contributed by atoms with E-state index in [4.69, 9.17) is 19.4 Å². The third kappa shape index (κ3) is 4.73. The lowest BCUT2D eigenvalue weighted by Gasteiger charge is -2.09. The highest BCUT2D eigenvalue weighted by Crippen LogP contribution is 2.32. The summed E-state index contributed by atoms with van der Waals surface area (Å²) in [5.41, 5.74) is 8.75. The molecule has 8 aromatic rings. The van der Waals surface area contributed by atoms with Crippen molar-refractivity contribution in [3.8, 4) is 56.4 Å². The second kappa shape index (κ2) is 10.5. The molecule has 5 heteroatoms. The average molecular weight is 553 g/mol. The second-order valence-electron chi connectivity index (χ2n) is 10.4. The first-order chi connectivity index (χ1) is 21.3. The Kier molecular flexibility index (Phi) is 6.05. The zero-order valence-corrected chi connectivity index (χ0v) is 23.1. The molecule has 0 aliphatic carbocycles. The molecule has 3 aromatic heterocycles. The van der Waals surface area contributed by atoms with Crippen molar-refractivity contribution in [2.24, 2.45) is 0 Å². The molecule has 8 rings (SSSR count). The first-order valence-corrected chi connectivity index (χ1v) is 14.1. The van der Waals surface area contributed by atoms with Gasteiger partial charge in [-0.3, -0.25) is 0 Å². The van der Waals surface area contributed by atoms with Crippen LogP contribution >= 0.6 is 0 Å². The second-order valence-corrected chi connectivity index (χ2v) is 10.4. The van der Waals surface area contributed by atoms with Gasteiger partial charge in [-0.15, -0.1) is 0 Å². The molecule has 3 heterocycles. The van der Waals surface area contributed by atoms with Crippen molar-refractivity contribution < 1.29 is 4.42 Å². The molecule has 5 nitrogen and oxygen atoms in total. The van der Waals surface area contributed by atoms with Gasteiger partial charge in [0.05, 0.1) is 0 Å². The van der Waals surface area contributed by atoms with Crippen molar-refractivity contribution in [2.75, 3.05) is 0 Å². The number of pyridine rings is 1. The predicted molar refractivity (Wildman–Crippen MR) is 172 cm³/mol. The van der Waals surface area contributed by atoms with Crippen LogP contribution in [0.2, 0.25) is 0 Å². The molecule has 0 amide bonds. The van der Waals surface area contributed by atoms with E-state index in [1.807, 2.05) is 66.7 Å². The fourth-order valence-electron chi connectivity index (χ4n) is 5.40. The fourth-order valence-corrected chi connectivity index (χ4v) is 5.40. The first kappa shape index (κ1) is 24.8. The van der Waals surface area contributed by atoms with Gasteiger partial charge in [0.15, 0.2) is 17.5 Å². The van der Waals surface area contributed by atoms with Gasteiger partial charge in [-0.1, -0.05) is 115 Å². The molecule has 0 atom stereocenters. The molecular weight excluding hydrogens is 528 g/mol. The van der Waals surface area contributed by atoms with E-state index in [9.17, 15) is 0 Å². The Morgan fingerprint density at radius 1 is 0.372 bits per heavy atom. The number of benzene rings is 5. The van der Waals surface area contributed by atoms with E-state index < -0.39 is 0 Å². The van der Waals surface area contributed by atoms with Gasteiger partial charge >= 0.3 is 0 Å². The maximum absolute atomic E-state index is 6.05. The summed E-state index contributed by atoms with van der Waals surface area (Å²) in [7, 11) is 0. The summed E-state index contributed by atoms with van der Waals surface area (Å²) in [6.07, 6.45) is 1.74. The van der Waals surface area contributed by atoms with Crippen molar-refractivity contribution in [1.82, 2.24) is 19.9 Å². The van der Waals surface area contributed by atoms with Crippen LogP contribution in [0.25, 0.3) is 78.5 Å². The average Bonchev–Trinajstić information content (AvgIpc) is 3.47. The van der Waals surface area contributed by atoms with Crippen LogP contribution in [-0.2, 0) is 0 Å². The number of hydrogen-bond donors (Lipinski definition) is 0. The summed E-state index contributed by atoms with van der Waals surface area (Å²) in [5.74, 6) is 1.81. The fraction of sp³-hybridized carbons (Fsp3) is 0. The summed E-state index contributed by atoms with van der Waals surface area (Å²) in [4.78, 5) is 19.1. The summed E-state index contributed by atoms with van der Waals surface area (Å²) in [6, 6.07) is 47.4. The molecule has 0 fully saturated rings. The lowest BCUT2D eigenvalue weighted by atomic mass is 9.99. The maximum Gasteiger partial charge on any atom is 0.227 e. The van der Waals surface area contributed by atoms with Crippen LogP contribution in [0.3, 0.4) is 0 Å². The third-order valence-electron chi connectivity index (χ3n) is 7.64. The topological polar surface area (TPSA) is 64.7 Å². The highest BCUT2D eigenvalue weighted by molar-refractivity contribution is 6.04. The van der Waals surface area contributed by atoms with Gasteiger partial charge < -0.3 is 4.42 Å². The largest absolute Gasteiger partial charge is 0.438 e. The molecule has 43 heavy (non-hydrogen) atoms. The number of aromatic nitrogens is 4. The lowest BCUT2D eigenvalue weighted by molar-refractivity contribution is 0.654. The molecule has 0 aliphatic rings. The Balaban J connectivity index is 1.17. The normalized spacial score (nSPS) is 11.3. The van der Waals surface area contributed by atoms with Crippen LogP contribution in [-0.4, -0.2) is 19.9 Å². The molecule has 0 N–H and O–H groups in total. The van der Waals surface area contributed by atoms with Crippen molar-refractivity contribution in [3.63, 3.8) is 0 Å². The summed E-state index contributed by atoms with van der Waals surface area (Å²) in [5, 5.41) is 2.00. The monoisotopic (exact) mass is 552 g/mol. The molecule has 0 spiro atoms. The molecule has 0 bridgehead atoms. The Hall–Kier alpha value is -5.94. The van der Waals surface area contributed by atoms with Gasteiger partial charge in [-0.2, -0.15) is 0 Å². The number of fused-ring (bicyclic) bond motifs is 3. The van der Waals surface area contributed by atoms with Crippen molar-refractivity contribution in [3.05, 3.63) is 146 Å². The molecular formula is C38H24N4O. The Bertz CT molecular complexity index is 2210. The van der Waals surface area contributed by atoms with Crippen LogP contribution in [0.1, 0.15) is 0 Å². The van der Waals surface area contributed by atoms with Crippen molar-refractivity contribution in [1.29, 1.82) is 0 Å². The summed E-state index contributed by atoms with van der Waals surface area (Å²) >= 11 is 0. The van der Waals surface area contributed by atoms with E-state index in [0.29, 0.717) is 23.2 Å². The Morgan fingerprint density at radius 2 is 0.837 bits per heavy atom. The smallest absolute Gasteiger partial charge is 0.227 e. The lowest BCUT2D eigenvalue weighted by Crippen LogP contribution is -2.00. The number of hydrogen-bond acceptors (Lipinski definition) is 5. The SMILES string of the molecule is c1ccc(-c2ccc(-c3ccc(-c4nc(-c5ccccc5)nc(-c5ccc6c(c5)oc5ncccc56)n4)cc3)cc2)cc1.